The van der Waals surface area contributed by atoms with Gasteiger partial charge in [0.15, 0.2) is 0 Å². The molecule has 2 heterocycles. The molecule has 0 aliphatic heterocycles. The molecular formula is C21H17N5OS. The molecule has 0 bridgehead atoms. The molecule has 0 saturated carbocycles. The van der Waals surface area contributed by atoms with E-state index in [1.165, 1.54) is 11.8 Å². The SMILES string of the molecule is O=C(CSc1ccc(-c2ccc(-n3cccn3)cc2)nn1)Nc1ccccc1. The molecule has 0 spiro atoms. The minimum atomic E-state index is -0.0729. The number of amides is 1. The first-order valence-corrected chi connectivity index (χ1v) is 9.68. The van der Waals surface area contributed by atoms with Crippen LogP contribution in [0.2, 0.25) is 0 Å². The van der Waals surface area contributed by atoms with Crippen molar-refractivity contribution < 1.29 is 4.79 Å². The average molecular weight is 387 g/mol. The molecular weight excluding hydrogens is 370 g/mol. The summed E-state index contributed by atoms with van der Waals surface area (Å²) in [5, 5.41) is 16.3. The van der Waals surface area contributed by atoms with E-state index in [4.69, 9.17) is 0 Å². The molecule has 4 rings (SSSR count). The van der Waals surface area contributed by atoms with Gasteiger partial charge in [-0.1, -0.05) is 42.1 Å². The topological polar surface area (TPSA) is 72.7 Å². The number of nitrogens with zero attached hydrogens (tertiary/aromatic N) is 4. The third-order valence-electron chi connectivity index (χ3n) is 3.98. The van der Waals surface area contributed by atoms with E-state index in [-0.39, 0.29) is 11.7 Å². The zero-order chi connectivity index (χ0) is 19.2. The van der Waals surface area contributed by atoms with Gasteiger partial charge in [0.1, 0.15) is 5.03 Å². The monoisotopic (exact) mass is 387 g/mol. The van der Waals surface area contributed by atoms with Crippen LogP contribution in [0.4, 0.5) is 5.69 Å². The summed E-state index contributed by atoms with van der Waals surface area (Å²) < 4.78 is 1.80. The smallest absolute Gasteiger partial charge is 0.234 e. The second-order valence-electron chi connectivity index (χ2n) is 5.96. The Kier molecular flexibility index (Phi) is 5.44. The van der Waals surface area contributed by atoms with Gasteiger partial charge in [-0.15, -0.1) is 10.2 Å². The molecule has 28 heavy (non-hydrogen) atoms. The van der Waals surface area contributed by atoms with Crippen LogP contribution in [0.5, 0.6) is 0 Å². The van der Waals surface area contributed by atoms with Crippen molar-refractivity contribution >= 4 is 23.4 Å². The maximum absolute atomic E-state index is 12.0. The Labute approximate surface area is 166 Å². The van der Waals surface area contributed by atoms with E-state index < -0.39 is 0 Å². The van der Waals surface area contributed by atoms with E-state index in [0.29, 0.717) is 5.03 Å². The number of benzene rings is 2. The van der Waals surface area contributed by atoms with Crippen LogP contribution in [0, 0.1) is 0 Å². The number of hydrogen-bond donors (Lipinski definition) is 1. The molecule has 2 aromatic carbocycles. The highest BCUT2D eigenvalue weighted by atomic mass is 32.2. The molecule has 0 atom stereocenters. The number of rotatable bonds is 6. The van der Waals surface area contributed by atoms with Gasteiger partial charge in [-0.25, -0.2) is 4.68 Å². The molecule has 4 aromatic rings. The molecule has 0 saturated heterocycles. The van der Waals surface area contributed by atoms with E-state index in [1.54, 1.807) is 10.9 Å². The lowest BCUT2D eigenvalue weighted by Crippen LogP contribution is -2.13. The Hall–Kier alpha value is -3.45. The minimum Gasteiger partial charge on any atom is -0.325 e. The van der Waals surface area contributed by atoms with Crippen molar-refractivity contribution in [1.82, 2.24) is 20.0 Å². The lowest BCUT2D eigenvalue weighted by Gasteiger charge is -2.06. The molecule has 0 unspecified atom stereocenters. The fraction of sp³-hybridized carbons (Fsp3) is 0.0476. The minimum absolute atomic E-state index is 0.0729. The quantitative estimate of drug-likeness (QED) is 0.505. The van der Waals surface area contributed by atoms with Gasteiger partial charge in [-0.3, -0.25) is 4.79 Å². The molecule has 0 fully saturated rings. The molecule has 2 aromatic heterocycles. The van der Waals surface area contributed by atoms with Crippen molar-refractivity contribution in [3.63, 3.8) is 0 Å². The summed E-state index contributed by atoms with van der Waals surface area (Å²) in [6.07, 6.45) is 3.64. The van der Waals surface area contributed by atoms with Crippen molar-refractivity contribution in [2.24, 2.45) is 0 Å². The second kappa shape index (κ2) is 8.49. The highest BCUT2D eigenvalue weighted by Crippen LogP contribution is 2.21. The molecule has 0 radical (unpaired) electrons. The Morgan fingerprint density at radius 2 is 1.75 bits per heavy atom. The lowest BCUT2D eigenvalue weighted by atomic mass is 10.1. The standard InChI is InChI=1S/C21H17N5OS/c27-20(23-17-5-2-1-3-6-17)15-28-21-12-11-19(24-25-21)16-7-9-18(10-8-16)26-14-4-13-22-26/h1-14H,15H2,(H,23,27). The summed E-state index contributed by atoms with van der Waals surface area (Å²) in [7, 11) is 0. The van der Waals surface area contributed by atoms with Crippen LogP contribution in [0.25, 0.3) is 16.9 Å². The first-order valence-electron chi connectivity index (χ1n) is 8.70. The first-order chi connectivity index (χ1) is 13.8. The van der Waals surface area contributed by atoms with Crippen LogP contribution in [-0.2, 0) is 4.79 Å². The van der Waals surface area contributed by atoms with Crippen LogP contribution in [-0.4, -0.2) is 31.6 Å². The molecule has 0 aliphatic rings. The van der Waals surface area contributed by atoms with Gasteiger partial charge in [0.2, 0.25) is 5.91 Å². The Morgan fingerprint density at radius 1 is 0.929 bits per heavy atom. The lowest BCUT2D eigenvalue weighted by molar-refractivity contribution is -0.113. The van der Waals surface area contributed by atoms with Gasteiger partial charge < -0.3 is 5.32 Å². The highest BCUT2D eigenvalue weighted by Gasteiger charge is 2.06. The number of anilines is 1. The third-order valence-corrected chi connectivity index (χ3v) is 4.90. The van der Waals surface area contributed by atoms with Gasteiger partial charge in [-0.05, 0) is 42.5 Å². The van der Waals surface area contributed by atoms with Gasteiger partial charge >= 0.3 is 0 Å². The summed E-state index contributed by atoms with van der Waals surface area (Å²) in [6.45, 7) is 0. The van der Waals surface area contributed by atoms with Gasteiger partial charge in [0, 0.05) is 23.6 Å². The molecule has 1 amide bonds. The zero-order valence-electron chi connectivity index (χ0n) is 14.9. The Balaban J connectivity index is 1.35. The zero-order valence-corrected chi connectivity index (χ0v) is 15.7. The normalized spacial score (nSPS) is 10.6. The summed E-state index contributed by atoms with van der Waals surface area (Å²) in [6, 6.07) is 23.0. The fourth-order valence-electron chi connectivity index (χ4n) is 2.62. The maximum Gasteiger partial charge on any atom is 0.234 e. The van der Waals surface area contributed by atoms with Crippen LogP contribution >= 0.6 is 11.8 Å². The largest absolute Gasteiger partial charge is 0.325 e. The number of thioether (sulfide) groups is 1. The van der Waals surface area contributed by atoms with E-state index in [0.717, 1.165) is 22.6 Å². The highest BCUT2D eigenvalue weighted by molar-refractivity contribution is 7.99. The molecule has 6 nitrogen and oxygen atoms in total. The number of aromatic nitrogens is 4. The van der Waals surface area contributed by atoms with Crippen LogP contribution in [0.1, 0.15) is 0 Å². The summed E-state index contributed by atoms with van der Waals surface area (Å²) >= 11 is 1.36. The Morgan fingerprint density at radius 3 is 2.43 bits per heavy atom. The summed E-state index contributed by atoms with van der Waals surface area (Å²) in [4.78, 5) is 12.0. The molecule has 7 heteroatoms. The van der Waals surface area contributed by atoms with Gasteiger partial charge in [0.25, 0.3) is 0 Å². The van der Waals surface area contributed by atoms with Crippen LogP contribution < -0.4 is 5.32 Å². The summed E-state index contributed by atoms with van der Waals surface area (Å²) in [5.41, 5.74) is 3.53. The fourth-order valence-corrected chi connectivity index (χ4v) is 3.23. The number of hydrogen-bond acceptors (Lipinski definition) is 5. The average Bonchev–Trinajstić information content (AvgIpc) is 3.29. The van der Waals surface area contributed by atoms with Crippen molar-refractivity contribution in [3.8, 4) is 16.9 Å². The maximum atomic E-state index is 12.0. The van der Waals surface area contributed by atoms with Crippen LogP contribution in [0.3, 0.4) is 0 Å². The Bertz CT molecular complexity index is 1030. The first kappa shape index (κ1) is 17.9. The summed E-state index contributed by atoms with van der Waals surface area (Å²) in [5.74, 6) is 0.206. The van der Waals surface area contributed by atoms with Gasteiger partial charge in [0.05, 0.1) is 17.1 Å². The van der Waals surface area contributed by atoms with Gasteiger partial charge in [-0.2, -0.15) is 5.10 Å². The number of carbonyl (C=O) groups is 1. The van der Waals surface area contributed by atoms with Crippen molar-refractivity contribution in [2.45, 2.75) is 5.03 Å². The molecule has 0 aliphatic carbocycles. The number of nitrogens with one attached hydrogen (secondary N) is 1. The van der Waals surface area contributed by atoms with Crippen molar-refractivity contribution in [2.75, 3.05) is 11.1 Å². The predicted octanol–water partition coefficient (Wildman–Crippen LogP) is 4.06. The third kappa shape index (κ3) is 4.44. The predicted molar refractivity (Wildman–Crippen MR) is 110 cm³/mol. The molecule has 138 valence electrons. The van der Waals surface area contributed by atoms with E-state index >= 15 is 0 Å². The van der Waals surface area contributed by atoms with Crippen LogP contribution in [0.15, 0.2) is 90.2 Å². The number of carbonyl (C=O) groups excluding carboxylic acids is 1. The number of para-hydroxylation sites is 1. The second-order valence-corrected chi connectivity index (χ2v) is 6.95. The van der Waals surface area contributed by atoms with Crippen molar-refractivity contribution in [1.29, 1.82) is 0 Å². The van der Waals surface area contributed by atoms with E-state index in [9.17, 15) is 4.79 Å². The van der Waals surface area contributed by atoms with E-state index in [2.05, 4.69) is 20.6 Å². The molecule has 1 N–H and O–H groups in total. The van der Waals surface area contributed by atoms with E-state index in [1.807, 2.05) is 79.0 Å². The van der Waals surface area contributed by atoms with Crippen molar-refractivity contribution in [3.05, 3.63) is 85.2 Å².